The van der Waals surface area contributed by atoms with Crippen LogP contribution in [0.2, 0.25) is 0 Å². The fraction of sp³-hybridized carbons (Fsp3) is 0.800. The molecule has 0 aromatic carbocycles. The maximum Gasteiger partial charge on any atom is 0.122 e. The molecule has 0 N–H and O–H groups in total. The van der Waals surface area contributed by atoms with Crippen LogP contribution in [0.5, 0.6) is 0 Å². The van der Waals surface area contributed by atoms with E-state index in [2.05, 4.69) is 0 Å². The van der Waals surface area contributed by atoms with Crippen LogP contribution in [0, 0.1) is 0 Å². The largest absolute Gasteiger partial charge is 0.369 e. The van der Waals surface area contributed by atoms with Crippen molar-refractivity contribution in [2.75, 3.05) is 6.61 Å². The first kappa shape index (κ1) is 4.78. The number of aldehydes is 1. The highest BCUT2D eigenvalue weighted by atomic mass is 16.6. The van der Waals surface area contributed by atoms with E-state index in [1.54, 1.807) is 0 Å². The molecular formula is C5H8O2. The third-order valence-corrected chi connectivity index (χ3v) is 1.15. The molecule has 1 unspecified atom stereocenters. The molecule has 1 atom stereocenters. The van der Waals surface area contributed by atoms with Crippen LogP contribution >= 0.6 is 0 Å². The second kappa shape index (κ2) is 1.30. The smallest absolute Gasteiger partial charge is 0.122 e. The van der Waals surface area contributed by atoms with E-state index in [0.29, 0.717) is 6.42 Å². The Kier molecular flexibility index (Phi) is 0.889. The molecule has 1 saturated heterocycles. The summed E-state index contributed by atoms with van der Waals surface area (Å²) in [5.41, 5.74) is -0.0677. The van der Waals surface area contributed by atoms with Gasteiger partial charge in [-0.2, -0.15) is 0 Å². The lowest BCUT2D eigenvalue weighted by Gasteiger charge is -1.91. The van der Waals surface area contributed by atoms with Crippen molar-refractivity contribution in [2.24, 2.45) is 0 Å². The van der Waals surface area contributed by atoms with Crippen LogP contribution in [0.4, 0.5) is 0 Å². The summed E-state index contributed by atoms with van der Waals surface area (Å²) in [7, 11) is 0. The molecule has 0 bridgehead atoms. The van der Waals surface area contributed by atoms with Crippen molar-refractivity contribution in [3.63, 3.8) is 0 Å². The minimum absolute atomic E-state index is 0.0677. The second-order valence-electron chi connectivity index (χ2n) is 2.11. The lowest BCUT2D eigenvalue weighted by atomic mass is 10.1. The molecular weight excluding hydrogens is 92.1 g/mol. The molecule has 1 fully saturated rings. The molecule has 2 nitrogen and oxygen atoms in total. The van der Waals surface area contributed by atoms with Crippen LogP contribution in [-0.2, 0) is 9.53 Å². The highest BCUT2D eigenvalue weighted by Crippen LogP contribution is 2.28. The number of carbonyl (C=O) groups excluding carboxylic acids is 1. The van der Waals surface area contributed by atoms with Gasteiger partial charge in [-0.25, -0.2) is 0 Å². The molecule has 0 saturated carbocycles. The Bertz CT molecular complexity index is 84.1. The first-order chi connectivity index (χ1) is 3.27. The highest BCUT2D eigenvalue weighted by Gasteiger charge is 2.38. The fourth-order valence-corrected chi connectivity index (χ4v) is 0.417. The number of ether oxygens (including phenoxy) is 1. The van der Waals surface area contributed by atoms with Crippen LogP contribution in [-0.4, -0.2) is 18.5 Å². The van der Waals surface area contributed by atoms with Crippen LogP contribution < -0.4 is 0 Å². The Morgan fingerprint density at radius 1 is 2.00 bits per heavy atom. The Balaban J connectivity index is 2.25. The molecule has 0 spiro atoms. The summed E-state index contributed by atoms with van der Waals surface area (Å²) in [6, 6.07) is 0. The topological polar surface area (TPSA) is 29.6 Å². The number of hydrogen-bond acceptors (Lipinski definition) is 2. The van der Waals surface area contributed by atoms with E-state index in [-0.39, 0.29) is 5.60 Å². The van der Waals surface area contributed by atoms with Crippen molar-refractivity contribution in [3.8, 4) is 0 Å². The maximum atomic E-state index is 9.78. The van der Waals surface area contributed by atoms with Crippen molar-refractivity contribution in [1.82, 2.24) is 0 Å². The van der Waals surface area contributed by atoms with Gasteiger partial charge in [-0.1, -0.05) is 0 Å². The van der Waals surface area contributed by atoms with Gasteiger partial charge in [-0.05, 0) is 6.92 Å². The summed E-state index contributed by atoms with van der Waals surface area (Å²) in [5.74, 6) is 0. The predicted molar refractivity (Wildman–Crippen MR) is 25.0 cm³/mol. The molecule has 0 aliphatic carbocycles. The van der Waals surface area contributed by atoms with E-state index in [1.807, 2.05) is 6.92 Å². The van der Waals surface area contributed by atoms with E-state index in [9.17, 15) is 4.79 Å². The minimum atomic E-state index is -0.0677. The van der Waals surface area contributed by atoms with Crippen LogP contribution in [0.1, 0.15) is 13.3 Å². The Morgan fingerprint density at radius 2 is 2.57 bits per heavy atom. The molecule has 0 aromatic rings. The monoisotopic (exact) mass is 100 g/mol. The SMILES string of the molecule is CC1(CC=O)CO1. The van der Waals surface area contributed by atoms with Gasteiger partial charge >= 0.3 is 0 Å². The van der Waals surface area contributed by atoms with Gasteiger partial charge in [0.2, 0.25) is 0 Å². The number of epoxide rings is 1. The van der Waals surface area contributed by atoms with Gasteiger partial charge in [0.25, 0.3) is 0 Å². The molecule has 0 radical (unpaired) electrons. The summed E-state index contributed by atoms with van der Waals surface area (Å²) < 4.78 is 4.91. The van der Waals surface area contributed by atoms with Crippen LogP contribution in [0.3, 0.4) is 0 Å². The zero-order valence-electron chi connectivity index (χ0n) is 4.31. The third kappa shape index (κ3) is 0.996. The fourth-order valence-electron chi connectivity index (χ4n) is 0.417. The Morgan fingerprint density at radius 3 is 2.71 bits per heavy atom. The number of rotatable bonds is 2. The maximum absolute atomic E-state index is 9.78. The van der Waals surface area contributed by atoms with E-state index < -0.39 is 0 Å². The molecule has 1 aliphatic heterocycles. The van der Waals surface area contributed by atoms with Gasteiger partial charge in [0.05, 0.1) is 12.2 Å². The second-order valence-corrected chi connectivity index (χ2v) is 2.11. The summed E-state index contributed by atoms with van der Waals surface area (Å²) in [4.78, 5) is 9.78. The van der Waals surface area contributed by atoms with E-state index >= 15 is 0 Å². The minimum Gasteiger partial charge on any atom is -0.369 e. The Hall–Kier alpha value is -0.370. The van der Waals surface area contributed by atoms with Crippen molar-refractivity contribution < 1.29 is 9.53 Å². The summed E-state index contributed by atoms with van der Waals surface area (Å²) in [5, 5.41) is 0. The molecule has 1 aliphatic rings. The standard InChI is InChI=1S/C5H8O2/c1-5(2-3-6)4-7-5/h3H,2,4H2,1H3. The summed E-state index contributed by atoms with van der Waals surface area (Å²) in [6.45, 7) is 2.69. The molecule has 1 rings (SSSR count). The molecule has 2 heteroatoms. The van der Waals surface area contributed by atoms with E-state index in [0.717, 1.165) is 12.9 Å². The lowest BCUT2D eigenvalue weighted by Crippen LogP contribution is -2.03. The first-order valence-electron chi connectivity index (χ1n) is 2.34. The van der Waals surface area contributed by atoms with Crippen LogP contribution in [0.15, 0.2) is 0 Å². The van der Waals surface area contributed by atoms with E-state index in [1.165, 1.54) is 0 Å². The first-order valence-corrected chi connectivity index (χ1v) is 2.34. The van der Waals surface area contributed by atoms with Crippen molar-refractivity contribution in [3.05, 3.63) is 0 Å². The average molecular weight is 100 g/mol. The van der Waals surface area contributed by atoms with Gasteiger partial charge in [0.1, 0.15) is 6.29 Å². The van der Waals surface area contributed by atoms with Gasteiger partial charge in [0.15, 0.2) is 0 Å². The number of carbonyl (C=O) groups is 1. The van der Waals surface area contributed by atoms with Gasteiger partial charge in [0, 0.05) is 6.42 Å². The van der Waals surface area contributed by atoms with E-state index in [4.69, 9.17) is 4.74 Å². The van der Waals surface area contributed by atoms with Crippen molar-refractivity contribution >= 4 is 6.29 Å². The summed E-state index contributed by atoms with van der Waals surface area (Å²) >= 11 is 0. The molecule has 0 amide bonds. The highest BCUT2D eigenvalue weighted by molar-refractivity contribution is 5.52. The third-order valence-electron chi connectivity index (χ3n) is 1.15. The summed E-state index contributed by atoms with van der Waals surface area (Å²) in [6.07, 6.45) is 1.44. The lowest BCUT2D eigenvalue weighted by molar-refractivity contribution is -0.108. The zero-order valence-corrected chi connectivity index (χ0v) is 4.31. The Labute approximate surface area is 42.5 Å². The van der Waals surface area contributed by atoms with Crippen molar-refractivity contribution in [2.45, 2.75) is 18.9 Å². The number of hydrogen-bond donors (Lipinski definition) is 0. The quantitative estimate of drug-likeness (QED) is 0.370. The predicted octanol–water partition coefficient (Wildman–Crippen LogP) is 0.364. The molecule has 1 heterocycles. The van der Waals surface area contributed by atoms with Crippen molar-refractivity contribution in [1.29, 1.82) is 0 Å². The van der Waals surface area contributed by atoms with Gasteiger partial charge in [-0.3, -0.25) is 0 Å². The average Bonchev–Trinajstić information content (AvgIpc) is 2.22. The van der Waals surface area contributed by atoms with Crippen LogP contribution in [0.25, 0.3) is 0 Å². The van der Waals surface area contributed by atoms with Gasteiger partial charge < -0.3 is 9.53 Å². The zero-order chi connectivity index (χ0) is 5.33. The molecule has 0 aromatic heterocycles. The normalized spacial score (nSPS) is 37.9. The molecule has 7 heavy (non-hydrogen) atoms. The van der Waals surface area contributed by atoms with Gasteiger partial charge in [-0.15, -0.1) is 0 Å². The molecule has 40 valence electrons.